The Kier molecular flexibility index (Phi) is 8.84. The van der Waals surface area contributed by atoms with Gasteiger partial charge in [0, 0.05) is 32.1 Å². The SMILES string of the molecule is COc1cc2ccc1Oc1cccc(c1)CO[C@H]1CN(C(=O)c3ccccc3)CC[C@@H]1NC(=O)CN(C)C(=O)CC2. The van der Waals surface area contributed by atoms with Crippen LogP contribution in [0.1, 0.15) is 34.3 Å². The normalized spacial score (nSPS) is 20.1. The van der Waals surface area contributed by atoms with Gasteiger partial charge in [-0.1, -0.05) is 36.4 Å². The highest BCUT2D eigenvalue weighted by molar-refractivity contribution is 5.94. The minimum Gasteiger partial charge on any atom is -0.493 e. The van der Waals surface area contributed by atoms with E-state index in [1.54, 1.807) is 31.2 Å². The van der Waals surface area contributed by atoms with Crippen LogP contribution in [0.4, 0.5) is 0 Å². The van der Waals surface area contributed by atoms with E-state index in [4.69, 9.17) is 14.2 Å². The number of hydrogen-bond donors (Lipinski definition) is 1. The molecule has 0 spiro atoms. The van der Waals surface area contributed by atoms with E-state index in [-0.39, 0.29) is 43.3 Å². The van der Waals surface area contributed by atoms with Crippen molar-refractivity contribution in [2.75, 3.05) is 33.8 Å². The van der Waals surface area contributed by atoms with Crippen molar-refractivity contribution >= 4 is 17.7 Å². The van der Waals surface area contributed by atoms with Crippen molar-refractivity contribution in [3.63, 3.8) is 0 Å². The zero-order chi connectivity index (χ0) is 28.8. The van der Waals surface area contributed by atoms with Gasteiger partial charge in [-0.05, 0) is 60.4 Å². The number of piperidine rings is 1. The Morgan fingerprint density at radius 2 is 1.80 bits per heavy atom. The summed E-state index contributed by atoms with van der Waals surface area (Å²) in [4.78, 5) is 42.2. The van der Waals surface area contributed by atoms with E-state index < -0.39 is 6.10 Å². The second kappa shape index (κ2) is 12.9. The fraction of sp³-hybridized carbons (Fsp3) is 0.344. The van der Waals surface area contributed by atoms with Gasteiger partial charge in [-0.2, -0.15) is 0 Å². The highest BCUT2D eigenvalue weighted by atomic mass is 16.5. The van der Waals surface area contributed by atoms with E-state index in [9.17, 15) is 14.4 Å². The summed E-state index contributed by atoms with van der Waals surface area (Å²) in [6.45, 7) is 1.01. The minimum absolute atomic E-state index is 0.0626. The van der Waals surface area contributed by atoms with Crippen molar-refractivity contribution in [2.45, 2.75) is 38.0 Å². The van der Waals surface area contributed by atoms with Crippen molar-refractivity contribution in [1.29, 1.82) is 0 Å². The molecule has 3 aliphatic rings. The number of rotatable bonds is 2. The number of carbonyl (C=O) groups excluding carboxylic acids is 3. The lowest BCUT2D eigenvalue weighted by molar-refractivity contribution is -0.135. The number of methoxy groups -OCH3 is 1. The van der Waals surface area contributed by atoms with Crippen molar-refractivity contribution in [1.82, 2.24) is 15.1 Å². The third-order valence-corrected chi connectivity index (χ3v) is 7.47. The maximum atomic E-state index is 13.2. The lowest BCUT2D eigenvalue weighted by Gasteiger charge is -2.39. The number of likely N-dealkylation sites (N-methyl/N-ethyl adjacent to an activating group) is 1. The molecule has 0 aliphatic carbocycles. The Morgan fingerprint density at radius 1 is 0.976 bits per heavy atom. The third kappa shape index (κ3) is 7.05. The van der Waals surface area contributed by atoms with Gasteiger partial charge < -0.3 is 29.3 Å². The van der Waals surface area contributed by atoms with E-state index in [1.807, 2.05) is 60.7 Å². The largest absolute Gasteiger partial charge is 0.493 e. The van der Waals surface area contributed by atoms with Gasteiger partial charge in [-0.3, -0.25) is 14.4 Å². The third-order valence-electron chi connectivity index (χ3n) is 7.47. The number of aryl methyl sites for hydroxylation is 1. The van der Waals surface area contributed by atoms with Gasteiger partial charge in [0.1, 0.15) is 5.75 Å². The average Bonchev–Trinajstić information content (AvgIpc) is 2.99. The van der Waals surface area contributed by atoms with Crippen LogP contribution in [0, 0.1) is 0 Å². The number of ether oxygens (including phenoxy) is 3. The van der Waals surface area contributed by atoms with Gasteiger partial charge in [0.05, 0.1) is 32.4 Å². The first-order valence-electron chi connectivity index (χ1n) is 13.8. The molecule has 1 saturated heterocycles. The summed E-state index contributed by atoms with van der Waals surface area (Å²) >= 11 is 0. The molecular formula is C32H35N3O6. The fourth-order valence-electron chi connectivity index (χ4n) is 5.18. The Balaban J connectivity index is 1.40. The quantitative estimate of drug-likeness (QED) is 0.515. The van der Waals surface area contributed by atoms with Crippen LogP contribution in [-0.2, 0) is 27.4 Å². The molecule has 0 saturated carbocycles. The Morgan fingerprint density at radius 3 is 2.61 bits per heavy atom. The average molecular weight is 558 g/mol. The van der Waals surface area contributed by atoms with Gasteiger partial charge in [-0.25, -0.2) is 0 Å². The van der Waals surface area contributed by atoms with Crippen molar-refractivity contribution < 1.29 is 28.6 Å². The molecule has 0 unspecified atom stereocenters. The summed E-state index contributed by atoms with van der Waals surface area (Å²) in [6, 6.07) is 22.0. The zero-order valence-corrected chi connectivity index (χ0v) is 23.4. The number of hydrogen-bond acceptors (Lipinski definition) is 6. The predicted octanol–water partition coefficient (Wildman–Crippen LogP) is 3.81. The summed E-state index contributed by atoms with van der Waals surface area (Å²) in [5, 5.41) is 3.06. The topological polar surface area (TPSA) is 97.4 Å². The van der Waals surface area contributed by atoms with Crippen LogP contribution in [0.15, 0.2) is 72.8 Å². The number of amides is 3. The molecule has 41 heavy (non-hydrogen) atoms. The molecule has 0 radical (unpaired) electrons. The second-order valence-corrected chi connectivity index (χ2v) is 10.4. The number of carbonyl (C=O) groups is 3. The molecule has 4 bridgehead atoms. The molecule has 3 aromatic rings. The smallest absolute Gasteiger partial charge is 0.253 e. The van der Waals surface area contributed by atoms with Crippen LogP contribution >= 0.6 is 0 Å². The fourth-order valence-corrected chi connectivity index (χ4v) is 5.18. The van der Waals surface area contributed by atoms with E-state index in [0.29, 0.717) is 48.7 Å². The number of nitrogens with zero attached hydrogens (tertiary/aromatic N) is 2. The first-order chi connectivity index (χ1) is 19.9. The number of nitrogens with one attached hydrogen (secondary N) is 1. The molecule has 6 rings (SSSR count). The maximum Gasteiger partial charge on any atom is 0.253 e. The lowest BCUT2D eigenvalue weighted by Crippen LogP contribution is -2.57. The number of likely N-dealkylation sites (tertiary alicyclic amines) is 1. The molecule has 214 valence electrons. The van der Waals surface area contributed by atoms with Crippen molar-refractivity contribution in [3.05, 3.63) is 89.5 Å². The standard InChI is InChI=1S/C32H35N3O6/c1-34-20-30(36)33-26-15-16-35(32(38)24-8-4-3-5-9-24)19-29(26)40-21-23-7-6-10-25(17-23)41-27-13-11-22(12-14-31(34)37)18-28(27)39-2/h3-11,13,17-18,26,29H,12,14-16,19-21H2,1-2H3,(H,33,36)/t26-,29-/m0/s1. The highest BCUT2D eigenvalue weighted by Gasteiger charge is 2.34. The van der Waals surface area contributed by atoms with Crippen LogP contribution in [0.5, 0.6) is 17.2 Å². The summed E-state index contributed by atoms with van der Waals surface area (Å²) in [5.41, 5.74) is 2.43. The van der Waals surface area contributed by atoms with Gasteiger partial charge >= 0.3 is 0 Å². The van der Waals surface area contributed by atoms with E-state index in [1.165, 1.54) is 4.90 Å². The molecule has 1 N–H and O–H groups in total. The molecule has 9 nitrogen and oxygen atoms in total. The molecule has 3 aromatic carbocycles. The molecule has 3 aliphatic heterocycles. The van der Waals surface area contributed by atoms with Crippen LogP contribution in [0.3, 0.4) is 0 Å². The van der Waals surface area contributed by atoms with Gasteiger partial charge in [0.2, 0.25) is 11.8 Å². The van der Waals surface area contributed by atoms with E-state index >= 15 is 0 Å². The molecule has 3 heterocycles. The van der Waals surface area contributed by atoms with Crippen LogP contribution in [-0.4, -0.2) is 73.5 Å². The van der Waals surface area contributed by atoms with Crippen LogP contribution < -0.4 is 14.8 Å². The Bertz CT molecular complexity index is 1400. The van der Waals surface area contributed by atoms with Crippen LogP contribution in [0.2, 0.25) is 0 Å². The predicted molar refractivity (Wildman–Crippen MR) is 153 cm³/mol. The number of benzene rings is 3. The molecule has 1 fully saturated rings. The monoisotopic (exact) mass is 557 g/mol. The maximum absolute atomic E-state index is 13.2. The Hall–Kier alpha value is -4.37. The molecular weight excluding hydrogens is 522 g/mol. The minimum atomic E-state index is -0.444. The summed E-state index contributed by atoms with van der Waals surface area (Å²) in [7, 11) is 3.21. The first-order valence-corrected chi connectivity index (χ1v) is 13.8. The summed E-state index contributed by atoms with van der Waals surface area (Å²) in [6.07, 6.45) is 0.839. The Labute approximate surface area is 240 Å². The summed E-state index contributed by atoms with van der Waals surface area (Å²) < 4.78 is 18.1. The molecule has 2 atom stereocenters. The van der Waals surface area contributed by atoms with Crippen molar-refractivity contribution in [2.24, 2.45) is 0 Å². The zero-order valence-electron chi connectivity index (χ0n) is 23.4. The van der Waals surface area contributed by atoms with Gasteiger partial charge in [-0.15, -0.1) is 0 Å². The van der Waals surface area contributed by atoms with E-state index in [2.05, 4.69) is 5.32 Å². The molecule has 3 amide bonds. The van der Waals surface area contributed by atoms with Gasteiger partial charge in [0.25, 0.3) is 5.91 Å². The van der Waals surface area contributed by atoms with Gasteiger partial charge in [0.15, 0.2) is 11.5 Å². The molecule has 0 aromatic heterocycles. The van der Waals surface area contributed by atoms with Crippen molar-refractivity contribution in [3.8, 4) is 17.2 Å². The van der Waals surface area contributed by atoms with Crippen LogP contribution in [0.25, 0.3) is 0 Å². The molecule has 9 heteroatoms. The first kappa shape index (κ1) is 28.2. The number of fused-ring (bicyclic) bond motifs is 9. The lowest BCUT2D eigenvalue weighted by atomic mass is 10.00. The highest BCUT2D eigenvalue weighted by Crippen LogP contribution is 2.33. The van der Waals surface area contributed by atoms with E-state index in [0.717, 1.165) is 11.1 Å². The summed E-state index contributed by atoms with van der Waals surface area (Å²) in [5.74, 6) is 1.28. The second-order valence-electron chi connectivity index (χ2n) is 10.4.